The van der Waals surface area contributed by atoms with E-state index in [-0.39, 0.29) is 0 Å². The van der Waals surface area contributed by atoms with Gasteiger partial charge in [-0.25, -0.2) is 0 Å². The van der Waals surface area contributed by atoms with Gasteiger partial charge in [-0.1, -0.05) is 0 Å². The van der Waals surface area contributed by atoms with Crippen LogP contribution in [0.3, 0.4) is 0 Å². The molecule has 2 aliphatic rings. The standard InChI is InChI=1S/C11H15N3/c12-4-9-10-6-14(7-11(9)10)8-2-1-3-13-5-8/h1-3,5,9-11H,4,6-7,12H2. The van der Waals surface area contributed by atoms with Crippen LogP contribution >= 0.6 is 0 Å². The molecule has 2 N–H and O–H groups in total. The van der Waals surface area contributed by atoms with Crippen molar-refractivity contribution in [1.82, 2.24) is 4.98 Å². The summed E-state index contributed by atoms with van der Waals surface area (Å²) in [4.78, 5) is 6.57. The molecule has 1 aliphatic carbocycles. The van der Waals surface area contributed by atoms with Crippen LogP contribution in [0.2, 0.25) is 0 Å². The van der Waals surface area contributed by atoms with Crippen molar-refractivity contribution in [1.29, 1.82) is 0 Å². The van der Waals surface area contributed by atoms with Crippen molar-refractivity contribution in [2.75, 3.05) is 24.5 Å². The molecule has 3 heteroatoms. The van der Waals surface area contributed by atoms with Crippen LogP contribution in [-0.2, 0) is 0 Å². The Hall–Kier alpha value is -1.09. The Morgan fingerprint density at radius 2 is 2.21 bits per heavy atom. The molecule has 1 aliphatic heterocycles. The minimum atomic E-state index is 0.808. The molecule has 3 rings (SSSR count). The van der Waals surface area contributed by atoms with Gasteiger partial charge in [-0.05, 0) is 36.4 Å². The molecule has 2 atom stereocenters. The highest BCUT2D eigenvalue weighted by Crippen LogP contribution is 2.51. The van der Waals surface area contributed by atoms with Crippen LogP contribution < -0.4 is 10.6 Å². The predicted molar refractivity (Wildman–Crippen MR) is 56.0 cm³/mol. The number of anilines is 1. The molecule has 3 nitrogen and oxygen atoms in total. The zero-order valence-electron chi connectivity index (χ0n) is 8.13. The lowest BCUT2D eigenvalue weighted by molar-refractivity contribution is 0.647. The third kappa shape index (κ3) is 1.12. The summed E-state index contributed by atoms with van der Waals surface area (Å²) in [6, 6.07) is 4.13. The Balaban J connectivity index is 1.70. The van der Waals surface area contributed by atoms with Gasteiger partial charge in [0.25, 0.3) is 0 Å². The Labute approximate surface area is 83.9 Å². The van der Waals surface area contributed by atoms with Gasteiger partial charge < -0.3 is 10.6 Å². The maximum atomic E-state index is 5.68. The van der Waals surface area contributed by atoms with Crippen molar-refractivity contribution in [3.8, 4) is 0 Å². The largest absolute Gasteiger partial charge is 0.370 e. The van der Waals surface area contributed by atoms with Crippen molar-refractivity contribution in [2.45, 2.75) is 0 Å². The SMILES string of the molecule is NCC1C2CN(c3cccnc3)CC12. The topological polar surface area (TPSA) is 42.1 Å². The van der Waals surface area contributed by atoms with Crippen LogP contribution in [-0.4, -0.2) is 24.6 Å². The van der Waals surface area contributed by atoms with Gasteiger partial charge in [0, 0.05) is 19.3 Å². The van der Waals surface area contributed by atoms with E-state index in [4.69, 9.17) is 5.73 Å². The second-order valence-corrected chi connectivity index (χ2v) is 4.34. The monoisotopic (exact) mass is 189 g/mol. The van der Waals surface area contributed by atoms with Crippen molar-refractivity contribution in [3.63, 3.8) is 0 Å². The molecule has 0 spiro atoms. The minimum absolute atomic E-state index is 0.808. The zero-order chi connectivity index (χ0) is 9.54. The molecule has 2 heterocycles. The number of pyridine rings is 1. The molecule has 2 fully saturated rings. The molecule has 0 bridgehead atoms. The average molecular weight is 189 g/mol. The number of rotatable bonds is 2. The van der Waals surface area contributed by atoms with Gasteiger partial charge in [-0.3, -0.25) is 4.98 Å². The summed E-state index contributed by atoms with van der Waals surface area (Å²) < 4.78 is 0. The highest BCUT2D eigenvalue weighted by Gasteiger charge is 2.54. The lowest BCUT2D eigenvalue weighted by Crippen LogP contribution is -2.25. The molecule has 74 valence electrons. The Morgan fingerprint density at radius 1 is 1.43 bits per heavy atom. The quantitative estimate of drug-likeness (QED) is 0.745. The summed E-state index contributed by atoms with van der Waals surface area (Å²) in [7, 11) is 0. The van der Waals surface area contributed by atoms with E-state index < -0.39 is 0 Å². The molecule has 1 aromatic heterocycles. The van der Waals surface area contributed by atoms with Crippen LogP contribution in [0.4, 0.5) is 5.69 Å². The number of fused-ring (bicyclic) bond motifs is 1. The van der Waals surface area contributed by atoms with E-state index in [2.05, 4.69) is 16.0 Å². The predicted octanol–water partition coefficient (Wildman–Crippen LogP) is 0.722. The number of nitrogens with two attached hydrogens (primary N) is 1. The third-order valence-corrected chi connectivity index (χ3v) is 3.65. The fourth-order valence-electron chi connectivity index (χ4n) is 2.75. The summed E-state index contributed by atoms with van der Waals surface area (Å²) in [6.45, 7) is 3.23. The summed E-state index contributed by atoms with van der Waals surface area (Å²) in [5.74, 6) is 2.53. The smallest absolute Gasteiger partial charge is 0.0552 e. The molecular weight excluding hydrogens is 174 g/mol. The number of hydrogen-bond donors (Lipinski definition) is 1. The summed E-state index contributed by atoms with van der Waals surface area (Å²) in [5.41, 5.74) is 6.94. The minimum Gasteiger partial charge on any atom is -0.370 e. The maximum Gasteiger partial charge on any atom is 0.0552 e. The van der Waals surface area contributed by atoms with E-state index in [0.717, 1.165) is 24.3 Å². The van der Waals surface area contributed by atoms with Crippen LogP contribution in [0.1, 0.15) is 0 Å². The van der Waals surface area contributed by atoms with E-state index in [1.807, 2.05) is 18.5 Å². The molecule has 0 amide bonds. The Morgan fingerprint density at radius 3 is 2.79 bits per heavy atom. The van der Waals surface area contributed by atoms with E-state index >= 15 is 0 Å². The average Bonchev–Trinajstić information content (AvgIpc) is 2.72. The summed E-state index contributed by atoms with van der Waals surface area (Å²) in [6.07, 6.45) is 3.77. The van der Waals surface area contributed by atoms with Crippen molar-refractivity contribution < 1.29 is 0 Å². The molecule has 0 aromatic carbocycles. The van der Waals surface area contributed by atoms with Crippen LogP contribution in [0, 0.1) is 17.8 Å². The Bertz CT molecular complexity index is 313. The first kappa shape index (κ1) is 8.24. The molecule has 0 radical (unpaired) electrons. The fraction of sp³-hybridized carbons (Fsp3) is 0.545. The summed E-state index contributed by atoms with van der Waals surface area (Å²) >= 11 is 0. The zero-order valence-corrected chi connectivity index (χ0v) is 8.13. The second-order valence-electron chi connectivity index (χ2n) is 4.34. The maximum absolute atomic E-state index is 5.68. The number of aromatic nitrogens is 1. The van der Waals surface area contributed by atoms with Crippen LogP contribution in [0.15, 0.2) is 24.5 Å². The first-order valence-corrected chi connectivity index (χ1v) is 5.25. The Kier molecular flexibility index (Phi) is 1.74. The molecule has 14 heavy (non-hydrogen) atoms. The van der Waals surface area contributed by atoms with Crippen molar-refractivity contribution in [2.24, 2.45) is 23.5 Å². The van der Waals surface area contributed by atoms with Gasteiger partial charge in [0.15, 0.2) is 0 Å². The lowest BCUT2D eigenvalue weighted by Gasteiger charge is -2.20. The number of hydrogen-bond acceptors (Lipinski definition) is 3. The normalized spacial score (nSPS) is 34.4. The van der Waals surface area contributed by atoms with Crippen molar-refractivity contribution in [3.05, 3.63) is 24.5 Å². The van der Waals surface area contributed by atoms with Crippen LogP contribution in [0.25, 0.3) is 0 Å². The fourth-order valence-corrected chi connectivity index (χ4v) is 2.75. The first-order chi connectivity index (χ1) is 6.90. The number of nitrogens with zero attached hydrogens (tertiary/aromatic N) is 2. The molecule has 1 saturated heterocycles. The molecule has 1 saturated carbocycles. The molecule has 1 aromatic rings. The molecule has 2 unspecified atom stereocenters. The van der Waals surface area contributed by atoms with Gasteiger partial charge in [-0.15, -0.1) is 0 Å². The highest BCUT2D eigenvalue weighted by atomic mass is 15.2. The van der Waals surface area contributed by atoms with Crippen molar-refractivity contribution >= 4 is 5.69 Å². The third-order valence-electron chi connectivity index (χ3n) is 3.65. The van der Waals surface area contributed by atoms with Gasteiger partial charge in [-0.2, -0.15) is 0 Å². The van der Waals surface area contributed by atoms with E-state index in [9.17, 15) is 0 Å². The van der Waals surface area contributed by atoms with Gasteiger partial charge in [0.2, 0.25) is 0 Å². The number of piperidine rings is 1. The second kappa shape index (κ2) is 2.95. The molecular formula is C11H15N3. The summed E-state index contributed by atoms with van der Waals surface area (Å²) in [5, 5.41) is 0. The van der Waals surface area contributed by atoms with E-state index in [1.54, 1.807) is 0 Å². The van der Waals surface area contributed by atoms with Gasteiger partial charge >= 0.3 is 0 Å². The van der Waals surface area contributed by atoms with Crippen LogP contribution in [0.5, 0.6) is 0 Å². The van der Waals surface area contributed by atoms with Gasteiger partial charge in [0.1, 0.15) is 0 Å². The van der Waals surface area contributed by atoms with Gasteiger partial charge in [0.05, 0.1) is 11.9 Å². The lowest BCUT2D eigenvalue weighted by atomic mass is 10.2. The van der Waals surface area contributed by atoms with E-state index in [1.165, 1.54) is 18.8 Å². The first-order valence-electron chi connectivity index (χ1n) is 5.25. The van der Waals surface area contributed by atoms with E-state index in [0.29, 0.717) is 0 Å². The highest BCUT2D eigenvalue weighted by molar-refractivity contribution is 5.46.